The van der Waals surface area contributed by atoms with Crippen LogP contribution in [0.15, 0.2) is 24.3 Å². The molecule has 0 aromatic heterocycles. The van der Waals surface area contributed by atoms with E-state index in [2.05, 4.69) is 0 Å². The number of piperidine rings is 1. The van der Waals surface area contributed by atoms with Crippen LogP contribution in [-0.2, 0) is 9.53 Å². The van der Waals surface area contributed by atoms with Gasteiger partial charge in [0.05, 0.1) is 4.87 Å². The Labute approximate surface area is 147 Å². The fraction of sp³-hybridized carbons (Fsp3) is 0.556. The molecule has 3 rings (SSSR count). The van der Waals surface area contributed by atoms with Gasteiger partial charge in [0.1, 0.15) is 6.61 Å². The molecule has 2 saturated heterocycles. The Hall–Kier alpha value is -1.53. The monoisotopic (exact) mass is 348 g/mol. The van der Waals surface area contributed by atoms with Crippen LogP contribution in [0.25, 0.3) is 0 Å². The highest BCUT2D eigenvalue weighted by Gasteiger charge is 2.47. The average molecular weight is 348 g/mol. The maximum atomic E-state index is 13.1. The number of hydrogen-bond acceptors (Lipinski definition) is 4. The summed E-state index contributed by atoms with van der Waals surface area (Å²) >= 11 is 1.87. The summed E-state index contributed by atoms with van der Waals surface area (Å²) in [5.74, 6) is 1.12. The SMILES string of the molecule is COCC(=O)N1CCC2(CC1)SCCN2C(=O)c1ccccc1C. The molecule has 2 aliphatic heterocycles. The maximum Gasteiger partial charge on any atom is 0.255 e. The number of likely N-dealkylation sites (tertiary alicyclic amines) is 1. The molecule has 2 fully saturated rings. The summed E-state index contributed by atoms with van der Waals surface area (Å²) in [6, 6.07) is 7.77. The van der Waals surface area contributed by atoms with Crippen LogP contribution in [0.5, 0.6) is 0 Å². The number of ether oxygens (including phenoxy) is 1. The summed E-state index contributed by atoms with van der Waals surface area (Å²) < 4.78 is 4.94. The van der Waals surface area contributed by atoms with Crippen molar-refractivity contribution >= 4 is 23.6 Å². The van der Waals surface area contributed by atoms with Crippen molar-refractivity contribution in [1.82, 2.24) is 9.80 Å². The molecule has 5 nitrogen and oxygen atoms in total. The Kier molecular flexibility index (Phi) is 5.15. The second kappa shape index (κ2) is 7.15. The van der Waals surface area contributed by atoms with Gasteiger partial charge in [-0.25, -0.2) is 0 Å². The lowest BCUT2D eigenvalue weighted by Gasteiger charge is -2.44. The van der Waals surface area contributed by atoms with E-state index in [9.17, 15) is 9.59 Å². The summed E-state index contributed by atoms with van der Waals surface area (Å²) in [7, 11) is 1.54. The molecule has 1 aromatic carbocycles. The topological polar surface area (TPSA) is 49.9 Å². The zero-order valence-electron chi connectivity index (χ0n) is 14.3. The molecule has 0 bridgehead atoms. The number of aryl methyl sites for hydroxylation is 1. The molecule has 1 spiro atoms. The van der Waals surface area contributed by atoms with Crippen LogP contribution in [0.2, 0.25) is 0 Å². The van der Waals surface area contributed by atoms with E-state index in [1.807, 2.05) is 52.8 Å². The summed E-state index contributed by atoms with van der Waals surface area (Å²) in [6.07, 6.45) is 1.65. The third-order valence-corrected chi connectivity index (χ3v) is 6.52. The number of carbonyl (C=O) groups is 2. The van der Waals surface area contributed by atoms with Crippen molar-refractivity contribution in [3.63, 3.8) is 0 Å². The van der Waals surface area contributed by atoms with Gasteiger partial charge in [-0.1, -0.05) is 18.2 Å². The lowest BCUT2D eigenvalue weighted by atomic mass is 10.00. The molecule has 24 heavy (non-hydrogen) atoms. The molecular weight excluding hydrogens is 324 g/mol. The number of benzene rings is 1. The Morgan fingerprint density at radius 2 is 1.92 bits per heavy atom. The van der Waals surface area contributed by atoms with Gasteiger partial charge in [0.25, 0.3) is 5.91 Å². The summed E-state index contributed by atoms with van der Waals surface area (Å²) in [6.45, 7) is 4.27. The van der Waals surface area contributed by atoms with Gasteiger partial charge in [-0.2, -0.15) is 0 Å². The molecule has 130 valence electrons. The van der Waals surface area contributed by atoms with E-state index >= 15 is 0 Å². The predicted octanol–water partition coefficient (Wildman–Crippen LogP) is 2.15. The predicted molar refractivity (Wildman–Crippen MR) is 95.1 cm³/mol. The first kappa shape index (κ1) is 17.3. The molecule has 2 heterocycles. The van der Waals surface area contributed by atoms with Gasteiger partial charge in [0.15, 0.2) is 0 Å². The smallest absolute Gasteiger partial charge is 0.255 e. The zero-order chi connectivity index (χ0) is 17.2. The highest BCUT2D eigenvalue weighted by molar-refractivity contribution is 8.00. The number of methoxy groups -OCH3 is 1. The number of thioether (sulfide) groups is 1. The molecule has 6 heteroatoms. The molecule has 0 aliphatic carbocycles. The Balaban J connectivity index is 1.73. The number of amides is 2. The average Bonchev–Trinajstić information content (AvgIpc) is 2.98. The van der Waals surface area contributed by atoms with Crippen LogP contribution in [-0.4, -0.2) is 65.6 Å². The highest BCUT2D eigenvalue weighted by Crippen LogP contribution is 2.44. The van der Waals surface area contributed by atoms with Crippen LogP contribution in [0.3, 0.4) is 0 Å². The second-order valence-corrected chi connectivity index (χ2v) is 7.84. The quantitative estimate of drug-likeness (QED) is 0.840. The Bertz CT molecular complexity index is 626. The molecule has 0 saturated carbocycles. The van der Waals surface area contributed by atoms with E-state index in [4.69, 9.17) is 4.74 Å². The first-order valence-corrected chi connectivity index (χ1v) is 9.34. The van der Waals surface area contributed by atoms with Crippen LogP contribution in [0.1, 0.15) is 28.8 Å². The molecule has 2 aliphatic rings. The Morgan fingerprint density at radius 1 is 1.21 bits per heavy atom. The Morgan fingerprint density at radius 3 is 2.58 bits per heavy atom. The first-order valence-electron chi connectivity index (χ1n) is 8.36. The van der Waals surface area contributed by atoms with Crippen molar-refractivity contribution in [2.75, 3.05) is 39.1 Å². The normalized spacial score (nSPS) is 19.8. The van der Waals surface area contributed by atoms with E-state index in [1.165, 1.54) is 0 Å². The highest BCUT2D eigenvalue weighted by atomic mass is 32.2. The van der Waals surface area contributed by atoms with Crippen molar-refractivity contribution in [2.45, 2.75) is 24.6 Å². The molecule has 2 amide bonds. The van der Waals surface area contributed by atoms with Crippen molar-refractivity contribution < 1.29 is 14.3 Å². The minimum absolute atomic E-state index is 0.0344. The lowest BCUT2D eigenvalue weighted by molar-refractivity contribution is -0.136. The summed E-state index contributed by atoms with van der Waals surface area (Å²) in [4.78, 5) is 28.8. The van der Waals surface area contributed by atoms with Crippen molar-refractivity contribution in [3.8, 4) is 0 Å². The number of rotatable bonds is 3. The minimum Gasteiger partial charge on any atom is -0.375 e. The number of nitrogens with zero attached hydrogens (tertiary/aromatic N) is 2. The van der Waals surface area contributed by atoms with E-state index in [-0.39, 0.29) is 23.3 Å². The third-order valence-electron chi connectivity index (χ3n) is 4.96. The van der Waals surface area contributed by atoms with Gasteiger partial charge in [-0.05, 0) is 31.4 Å². The number of carbonyl (C=O) groups excluding carboxylic acids is 2. The minimum atomic E-state index is -0.163. The fourth-order valence-corrected chi connectivity index (χ4v) is 5.04. The van der Waals surface area contributed by atoms with Crippen LogP contribution in [0, 0.1) is 6.92 Å². The fourth-order valence-electron chi connectivity index (χ4n) is 3.59. The van der Waals surface area contributed by atoms with Crippen LogP contribution in [0.4, 0.5) is 0 Å². The largest absolute Gasteiger partial charge is 0.375 e. The maximum absolute atomic E-state index is 13.1. The van der Waals surface area contributed by atoms with E-state index in [0.29, 0.717) is 13.1 Å². The standard InChI is InChI=1S/C18H24N2O3S/c1-14-5-3-4-6-15(14)17(22)20-11-12-24-18(20)7-9-19(10-8-18)16(21)13-23-2/h3-6H,7-13H2,1-2H3. The van der Waals surface area contributed by atoms with Gasteiger partial charge < -0.3 is 14.5 Å². The van der Waals surface area contributed by atoms with E-state index < -0.39 is 0 Å². The van der Waals surface area contributed by atoms with Crippen molar-refractivity contribution in [3.05, 3.63) is 35.4 Å². The number of hydrogen-bond donors (Lipinski definition) is 0. The lowest BCUT2D eigenvalue weighted by Crippen LogP contribution is -2.54. The molecular formula is C18H24N2O3S. The molecule has 0 N–H and O–H groups in total. The first-order chi connectivity index (χ1) is 11.6. The van der Waals surface area contributed by atoms with Gasteiger partial charge in [0.2, 0.25) is 5.91 Å². The summed E-state index contributed by atoms with van der Waals surface area (Å²) in [5, 5.41) is 0. The molecule has 0 radical (unpaired) electrons. The second-order valence-electron chi connectivity index (χ2n) is 6.38. The van der Waals surface area contributed by atoms with Gasteiger partial charge >= 0.3 is 0 Å². The zero-order valence-corrected chi connectivity index (χ0v) is 15.1. The van der Waals surface area contributed by atoms with E-state index in [0.717, 1.165) is 36.3 Å². The van der Waals surface area contributed by atoms with E-state index in [1.54, 1.807) is 7.11 Å². The molecule has 0 unspecified atom stereocenters. The third kappa shape index (κ3) is 3.17. The van der Waals surface area contributed by atoms with Gasteiger partial charge in [-0.15, -0.1) is 11.8 Å². The van der Waals surface area contributed by atoms with Crippen LogP contribution >= 0.6 is 11.8 Å². The van der Waals surface area contributed by atoms with Crippen molar-refractivity contribution in [1.29, 1.82) is 0 Å². The molecule has 1 aromatic rings. The van der Waals surface area contributed by atoms with Gasteiger partial charge in [0, 0.05) is 38.1 Å². The van der Waals surface area contributed by atoms with Gasteiger partial charge in [-0.3, -0.25) is 9.59 Å². The molecule has 0 atom stereocenters. The van der Waals surface area contributed by atoms with Crippen LogP contribution < -0.4 is 0 Å². The van der Waals surface area contributed by atoms with Crippen molar-refractivity contribution in [2.24, 2.45) is 0 Å². The summed E-state index contributed by atoms with van der Waals surface area (Å²) in [5.41, 5.74) is 1.81.